The van der Waals surface area contributed by atoms with Gasteiger partial charge in [-0.15, -0.1) is 0 Å². The standard InChI is InChI=1S/C7H9IN2/c1-5(9)6-2-3-7(8)10-4-6/h2-5H,9H2,1H3/t5-/m0/s1. The van der Waals surface area contributed by atoms with Crippen molar-refractivity contribution in [3.8, 4) is 0 Å². The Morgan fingerprint density at radius 1 is 1.60 bits per heavy atom. The third-order valence-corrected chi connectivity index (χ3v) is 1.91. The van der Waals surface area contributed by atoms with Crippen LogP contribution in [0.25, 0.3) is 0 Å². The topological polar surface area (TPSA) is 38.9 Å². The Hall–Kier alpha value is -0.160. The Kier molecular flexibility index (Phi) is 2.62. The zero-order valence-electron chi connectivity index (χ0n) is 5.71. The number of hydrogen-bond donors (Lipinski definition) is 1. The average Bonchev–Trinajstić information content (AvgIpc) is 1.88. The second-order valence-electron chi connectivity index (χ2n) is 2.20. The number of aromatic nitrogens is 1. The molecule has 0 aliphatic heterocycles. The van der Waals surface area contributed by atoms with Crippen LogP contribution in [0.4, 0.5) is 0 Å². The molecule has 0 bridgehead atoms. The van der Waals surface area contributed by atoms with Crippen molar-refractivity contribution in [2.24, 2.45) is 5.73 Å². The third-order valence-electron chi connectivity index (χ3n) is 1.28. The van der Waals surface area contributed by atoms with Crippen LogP contribution in [-0.4, -0.2) is 4.98 Å². The van der Waals surface area contributed by atoms with Gasteiger partial charge in [-0.1, -0.05) is 6.07 Å². The molecule has 1 heterocycles. The van der Waals surface area contributed by atoms with Crippen LogP contribution in [-0.2, 0) is 0 Å². The van der Waals surface area contributed by atoms with Gasteiger partial charge in [-0.2, -0.15) is 0 Å². The first-order chi connectivity index (χ1) is 4.70. The normalized spacial score (nSPS) is 13.1. The fourth-order valence-electron chi connectivity index (χ4n) is 0.657. The number of rotatable bonds is 1. The van der Waals surface area contributed by atoms with Crippen LogP contribution in [0.3, 0.4) is 0 Å². The monoisotopic (exact) mass is 248 g/mol. The average molecular weight is 248 g/mol. The molecule has 1 aromatic rings. The summed E-state index contributed by atoms with van der Waals surface area (Å²) in [5, 5.41) is 0. The molecule has 0 aliphatic rings. The minimum Gasteiger partial charge on any atom is -0.324 e. The number of halogens is 1. The van der Waals surface area contributed by atoms with Crippen molar-refractivity contribution >= 4 is 22.6 Å². The van der Waals surface area contributed by atoms with Gasteiger partial charge in [0, 0.05) is 12.2 Å². The van der Waals surface area contributed by atoms with Crippen molar-refractivity contribution in [3.63, 3.8) is 0 Å². The van der Waals surface area contributed by atoms with Crippen LogP contribution >= 0.6 is 22.6 Å². The molecule has 54 valence electrons. The minimum absolute atomic E-state index is 0.0875. The first-order valence-electron chi connectivity index (χ1n) is 3.07. The van der Waals surface area contributed by atoms with Crippen molar-refractivity contribution in [1.82, 2.24) is 4.98 Å². The smallest absolute Gasteiger partial charge is 0.101 e. The Labute approximate surface area is 74.0 Å². The minimum atomic E-state index is 0.0875. The van der Waals surface area contributed by atoms with Crippen molar-refractivity contribution in [2.45, 2.75) is 13.0 Å². The van der Waals surface area contributed by atoms with Gasteiger partial charge in [0.15, 0.2) is 0 Å². The lowest BCUT2D eigenvalue weighted by Gasteiger charge is -2.02. The predicted octanol–water partition coefficient (Wildman–Crippen LogP) is 1.71. The molecule has 0 amide bonds. The van der Waals surface area contributed by atoms with Crippen LogP contribution in [0, 0.1) is 3.70 Å². The Balaban J connectivity index is 2.89. The molecule has 0 unspecified atom stereocenters. The molecule has 1 atom stereocenters. The largest absolute Gasteiger partial charge is 0.324 e. The molecule has 0 radical (unpaired) electrons. The molecule has 2 nitrogen and oxygen atoms in total. The summed E-state index contributed by atoms with van der Waals surface area (Å²) in [6.45, 7) is 1.95. The highest BCUT2D eigenvalue weighted by Gasteiger charge is 1.97. The molecule has 2 N–H and O–H groups in total. The van der Waals surface area contributed by atoms with Crippen LogP contribution < -0.4 is 5.73 Å². The number of hydrogen-bond acceptors (Lipinski definition) is 2. The molecule has 0 fully saturated rings. The summed E-state index contributed by atoms with van der Waals surface area (Å²) in [5.41, 5.74) is 6.71. The maximum atomic E-state index is 5.62. The summed E-state index contributed by atoms with van der Waals surface area (Å²) in [6, 6.07) is 4.04. The number of nitrogens with two attached hydrogens (primary N) is 1. The Morgan fingerprint density at radius 3 is 2.70 bits per heavy atom. The molecule has 0 saturated heterocycles. The summed E-state index contributed by atoms with van der Waals surface area (Å²) in [5.74, 6) is 0. The molecule has 0 saturated carbocycles. The van der Waals surface area contributed by atoms with Gasteiger partial charge >= 0.3 is 0 Å². The van der Waals surface area contributed by atoms with E-state index in [0.717, 1.165) is 9.26 Å². The number of nitrogens with zero attached hydrogens (tertiary/aromatic N) is 1. The third kappa shape index (κ3) is 1.91. The summed E-state index contributed by atoms with van der Waals surface area (Å²) < 4.78 is 1.00. The summed E-state index contributed by atoms with van der Waals surface area (Å²) in [6.07, 6.45) is 1.81. The summed E-state index contributed by atoms with van der Waals surface area (Å²) in [4.78, 5) is 4.11. The van der Waals surface area contributed by atoms with Crippen molar-refractivity contribution in [3.05, 3.63) is 27.6 Å². The van der Waals surface area contributed by atoms with E-state index in [-0.39, 0.29) is 6.04 Å². The van der Waals surface area contributed by atoms with E-state index in [1.54, 1.807) is 0 Å². The SMILES string of the molecule is C[C@H](N)c1ccc(I)nc1. The maximum absolute atomic E-state index is 5.62. The van der Waals surface area contributed by atoms with E-state index in [2.05, 4.69) is 27.6 Å². The van der Waals surface area contributed by atoms with Crippen molar-refractivity contribution < 1.29 is 0 Å². The van der Waals surface area contributed by atoms with E-state index < -0.39 is 0 Å². The van der Waals surface area contributed by atoms with Gasteiger partial charge in [-0.3, -0.25) is 0 Å². The lowest BCUT2D eigenvalue weighted by atomic mass is 10.2. The van der Waals surface area contributed by atoms with Crippen molar-refractivity contribution in [2.75, 3.05) is 0 Å². The van der Waals surface area contributed by atoms with E-state index >= 15 is 0 Å². The van der Waals surface area contributed by atoms with Gasteiger partial charge in [-0.25, -0.2) is 4.98 Å². The van der Waals surface area contributed by atoms with Crippen molar-refractivity contribution in [1.29, 1.82) is 0 Å². The molecule has 3 heteroatoms. The molecule has 0 aliphatic carbocycles. The van der Waals surface area contributed by atoms with Crippen LogP contribution in [0.5, 0.6) is 0 Å². The highest BCUT2D eigenvalue weighted by molar-refractivity contribution is 14.1. The molecule has 0 aromatic carbocycles. The Bertz CT molecular complexity index is 205. The van der Waals surface area contributed by atoms with E-state index in [0.29, 0.717) is 0 Å². The fraction of sp³-hybridized carbons (Fsp3) is 0.286. The molecular weight excluding hydrogens is 239 g/mol. The molecule has 1 rings (SSSR count). The zero-order valence-corrected chi connectivity index (χ0v) is 7.87. The van der Waals surface area contributed by atoms with Crippen LogP contribution in [0.2, 0.25) is 0 Å². The quantitative estimate of drug-likeness (QED) is 0.606. The lowest BCUT2D eigenvalue weighted by Crippen LogP contribution is -2.04. The van der Waals surface area contributed by atoms with E-state index in [1.165, 1.54) is 0 Å². The maximum Gasteiger partial charge on any atom is 0.101 e. The fourth-order valence-corrected chi connectivity index (χ4v) is 0.976. The lowest BCUT2D eigenvalue weighted by molar-refractivity contribution is 0.810. The Morgan fingerprint density at radius 2 is 2.30 bits per heavy atom. The van der Waals surface area contributed by atoms with Crippen LogP contribution in [0.15, 0.2) is 18.3 Å². The first-order valence-corrected chi connectivity index (χ1v) is 4.15. The van der Waals surface area contributed by atoms with Gasteiger partial charge in [0.05, 0.1) is 0 Å². The van der Waals surface area contributed by atoms with Gasteiger partial charge < -0.3 is 5.73 Å². The second kappa shape index (κ2) is 3.30. The first kappa shape index (κ1) is 7.94. The number of pyridine rings is 1. The molecule has 0 spiro atoms. The van der Waals surface area contributed by atoms with Gasteiger partial charge in [0.25, 0.3) is 0 Å². The van der Waals surface area contributed by atoms with Gasteiger partial charge in [0.2, 0.25) is 0 Å². The summed E-state index contributed by atoms with van der Waals surface area (Å²) in [7, 11) is 0. The second-order valence-corrected chi connectivity index (χ2v) is 3.31. The zero-order chi connectivity index (χ0) is 7.56. The van der Waals surface area contributed by atoms with E-state index in [1.807, 2.05) is 25.3 Å². The highest BCUT2D eigenvalue weighted by Crippen LogP contribution is 2.08. The van der Waals surface area contributed by atoms with Gasteiger partial charge in [-0.05, 0) is 41.1 Å². The predicted molar refractivity (Wildman–Crippen MR) is 49.6 cm³/mol. The van der Waals surface area contributed by atoms with Gasteiger partial charge in [0.1, 0.15) is 3.70 Å². The van der Waals surface area contributed by atoms with E-state index in [4.69, 9.17) is 5.73 Å². The highest BCUT2D eigenvalue weighted by atomic mass is 127. The van der Waals surface area contributed by atoms with E-state index in [9.17, 15) is 0 Å². The molecule has 1 aromatic heterocycles. The molecule has 10 heavy (non-hydrogen) atoms. The molecular formula is C7H9IN2. The summed E-state index contributed by atoms with van der Waals surface area (Å²) >= 11 is 2.17. The van der Waals surface area contributed by atoms with Crippen LogP contribution in [0.1, 0.15) is 18.5 Å².